The standard InChI is InChI=1S/C12H14N4O2S/c1-19-12-14-10-2-3-16(5-8-4-13-7-18-8)6-9(10)11(17)15-12/h4,7H,2-3,5-6H2,1H3,(H,14,15,17). The van der Waals surface area contributed by atoms with Gasteiger partial charge in [0.25, 0.3) is 5.56 Å². The zero-order valence-electron chi connectivity index (χ0n) is 10.5. The molecule has 100 valence electrons. The molecule has 0 amide bonds. The lowest BCUT2D eigenvalue weighted by atomic mass is 10.1. The van der Waals surface area contributed by atoms with E-state index in [0.717, 1.165) is 30.0 Å². The Kier molecular flexibility index (Phi) is 3.39. The van der Waals surface area contributed by atoms with Gasteiger partial charge >= 0.3 is 0 Å². The first-order valence-corrected chi connectivity index (χ1v) is 7.24. The summed E-state index contributed by atoms with van der Waals surface area (Å²) in [6.45, 7) is 2.15. The van der Waals surface area contributed by atoms with E-state index in [9.17, 15) is 4.79 Å². The number of thioether (sulfide) groups is 1. The molecule has 1 aliphatic heterocycles. The van der Waals surface area contributed by atoms with Gasteiger partial charge in [-0.2, -0.15) is 0 Å². The third kappa shape index (κ3) is 2.57. The Balaban J connectivity index is 1.82. The lowest BCUT2D eigenvalue weighted by molar-refractivity contribution is 0.222. The molecule has 0 unspecified atom stereocenters. The highest BCUT2D eigenvalue weighted by atomic mass is 32.2. The topological polar surface area (TPSA) is 75.0 Å². The highest BCUT2D eigenvalue weighted by molar-refractivity contribution is 7.98. The summed E-state index contributed by atoms with van der Waals surface area (Å²) in [5.41, 5.74) is 1.65. The molecule has 7 heteroatoms. The average Bonchev–Trinajstić information content (AvgIpc) is 2.92. The predicted molar refractivity (Wildman–Crippen MR) is 71.0 cm³/mol. The molecule has 0 atom stereocenters. The number of aromatic amines is 1. The van der Waals surface area contributed by atoms with Crippen LogP contribution in [0.25, 0.3) is 0 Å². The summed E-state index contributed by atoms with van der Waals surface area (Å²) in [5.74, 6) is 0.813. The van der Waals surface area contributed by atoms with E-state index in [-0.39, 0.29) is 5.56 Å². The maximum Gasteiger partial charge on any atom is 0.256 e. The first-order valence-electron chi connectivity index (χ1n) is 6.02. The van der Waals surface area contributed by atoms with Crippen molar-refractivity contribution in [2.24, 2.45) is 0 Å². The van der Waals surface area contributed by atoms with Crippen LogP contribution in [0.4, 0.5) is 0 Å². The van der Waals surface area contributed by atoms with Gasteiger partial charge < -0.3 is 9.40 Å². The minimum Gasteiger partial charge on any atom is -0.447 e. The summed E-state index contributed by atoms with van der Waals surface area (Å²) < 4.78 is 5.23. The van der Waals surface area contributed by atoms with Gasteiger partial charge in [0.15, 0.2) is 11.6 Å². The van der Waals surface area contributed by atoms with Crippen LogP contribution < -0.4 is 5.56 Å². The molecular formula is C12H14N4O2S. The zero-order valence-corrected chi connectivity index (χ0v) is 11.4. The molecule has 2 aromatic heterocycles. The summed E-state index contributed by atoms with van der Waals surface area (Å²) in [5, 5.41) is 0.687. The number of fused-ring (bicyclic) bond motifs is 1. The maximum atomic E-state index is 12.0. The Morgan fingerprint density at radius 2 is 2.47 bits per heavy atom. The van der Waals surface area contributed by atoms with Crippen molar-refractivity contribution in [2.45, 2.75) is 24.7 Å². The molecule has 0 spiro atoms. The third-order valence-electron chi connectivity index (χ3n) is 3.18. The van der Waals surface area contributed by atoms with Crippen molar-refractivity contribution in [3.05, 3.63) is 40.0 Å². The molecule has 2 aromatic rings. The van der Waals surface area contributed by atoms with Crippen molar-refractivity contribution in [2.75, 3.05) is 12.8 Å². The minimum atomic E-state index is -0.0309. The SMILES string of the molecule is CSc1nc2c(c(=O)[nH]1)CN(Cc1cnco1)CC2. The van der Waals surface area contributed by atoms with Gasteiger partial charge in [-0.3, -0.25) is 9.69 Å². The van der Waals surface area contributed by atoms with Crippen molar-refractivity contribution in [1.82, 2.24) is 19.9 Å². The van der Waals surface area contributed by atoms with Gasteiger partial charge in [0.1, 0.15) is 5.76 Å². The minimum absolute atomic E-state index is 0.0309. The fourth-order valence-electron chi connectivity index (χ4n) is 2.23. The molecule has 0 saturated heterocycles. The van der Waals surface area contributed by atoms with Gasteiger partial charge in [-0.1, -0.05) is 11.8 Å². The molecule has 0 radical (unpaired) electrons. The molecule has 0 saturated carbocycles. The van der Waals surface area contributed by atoms with Gasteiger partial charge in [-0.05, 0) is 6.26 Å². The molecule has 1 aliphatic rings. The Morgan fingerprint density at radius 1 is 1.58 bits per heavy atom. The van der Waals surface area contributed by atoms with E-state index >= 15 is 0 Å². The van der Waals surface area contributed by atoms with E-state index in [0.29, 0.717) is 18.2 Å². The van der Waals surface area contributed by atoms with E-state index in [1.54, 1.807) is 6.20 Å². The van der Waals surface area contributed by atoms with Crippen LogP contribution in [0.2, 0.25) is 0 Å². The van der Waals surface area contributed by atoms with E-state index in [2.05, 4.69) is 19.9 Å². The number of nitrogens with one attached hydrogen (secondary N) is 1. The van der Waals surface area contributed by atoms with Gasteiger partial charge in [-0.25, -0.2) is 9.97 Å². The Hall–Kier alpha value is -1.60. The van der Waals surface area contributed by atoms with Crippen LogP contribution in [0.15, 0.2) is 27.0 Å². The second kappa shape index (κ2) is 5.18. The molecule has 1 N–H and O–H groups in total. The Bertz CT molecular complexity index is 623. The number of rotatable bonds is 3. The fourth-order valence-corrected chi connectivity index (χ4v) is 2.63. The first kappa shape index (κ1) is 12.4. The van der Waals surface area contributed by atoms with Crippen molar-refractivity contribution in [3.63, 3.8) is 0 Å². The van der Waals surface area contributed by atoms with Gasteiger partial charge in [0.05, 0.1) is 24.0 Å². The predicted octanol–water partition coefficient (Wildman–Crippen LogP) is 1.04. The summed E-state index contributed by atoms with van der Waals surface area (Å²) in [6.07, 6.45) is 5.83. The van der Waals surface area contributed by atoms with E-state index in [4.69, 9.17) is 4.42 Å². The highest BCUT2D eigenvalue weighted by Gasteiger charge is 2.21. The summed E-state index contributed by atoms with van der Waals surface area (Å²) in [4.78, 5) is 25.3. The normalized spacial score (nSPS) is 15.4. The largest absolute Gasteiger partial charge is 0.447 e. The monoisotopic (exact) mass is 278 g/mol. The summed E-state index contributed by atoms with van der Waals surface area (Å²) in [7, 11) is 0. The Morgan fingerprint density at radius 3 is 3.21 bits per heavy atom. The molecule has 6 nitrogen and oxygen atoms in total. The first-order chi connectivity index (χ1) is 9.26. The third-order valence-corrected chi connectivity index (χ3v) is 3.76. The molecule has 3 heterocycles. The molecule has 0 fully saturated rings. The number of oxazole rings is 1. The number of aromatic nitrogens is 3. The van der Waals surface area contributed by atoms with Gasteiger partial charge in [0.2, 0.25) is 0 Å². The summed E-state index contributed by atoms with van der Waals surface area (Å²) >= 11 is 1.46. The maximum absolute atomic E-state index is 12.0. The van der Waals surface area contributed by atoms with Crippen molar-refractivity contribution < 1.29 is 4.42 Å². The number of hydrogen-bond acceptors (Lipinski definition) is 6. The van der Waals surface area contributed by atoms with Crippen molar-refractivity contribution in [3.8, 4) is 0 Å². The number of hydrogen-bond donors (Lipinski definition) is 1. The number of nitrogens with zero attached hydrogens (tertiary/aromatic N) is 3. The van der Waals surface area contributed by atoms with Crippen molar-refractivity contribution in [1.29, 1.82) is 0 Å². The van der Waals surface area contributed by atoms with Gasteiger partial charge in [0, 0.05) is 19.5 Å². The van der Waals surface area contributed by atoms with Crippen LogP contribution in [-0.2, 0) is 19.5 Å². The molecule has 0 aliphatic carbocycles. The Labute approximate surface area is 114 Å². The molecule has 0 bridgehead atoms. The lowest BCUT2D eigenvalue weighted by Crippen LogP contribution is -2.35. The molecule has 3 rings (SSSR count). The van der Waals surface area contributed by atoms with Gasteiger partial charge in [-0.15, -0.1) is 0 Å². The van der Waals surface area contributed by atoms with Crippen LogP contribution in [0.3, 0.4) is 0 Å². The van der Waals surface area contributed by atoms with E-state index in [1.807, 2.05) is 6.26 Å². The second-order valence-electron chi connectivity index (χ2n) is 4.43. The zero-order chi connectivity index (χ0) is 13.2. The van der Waals surface area contributed by atoms with Crippen molar-refractivity contribution >= 4 is 11.8 Å². The molecule has 0 aromatic carbocycles. The molecule has 19 heavy (non-hydrogen) atoms. The summed E-state index contributed by atoms with van der Waals surface area (Å²) in [6, 6.07) is 0. The number of H-pyrrole nitrogens is 1. The fraction of sp³-hybridized carbons (Fsp3) is 0.417. The highest BCUT2D eigenvalue weighted by Crippen LogP contribution is 2.18. The van der Waals surface area contributed by atoms with Crippen LogP contribution >= 0.6 is 11.8 Å². The lowest BCUT2D eigenvalue weighted by Gasteiger charge is -2.26. The van der Waals surface area contributed by atoms with Crippen LogP contribution in [-0.4, -0.2) is 32.7 Å². The van der Waals surface area contributed by atoms with E-state index < -0.39 is 0 Å². The average molecular weight is 278 g/mol. The van der Waals surface area contributed by atoms with Crippen LogP contribution in [0.1, 0.15) is 17.0 Å². The smallest absolute Gasteiger partial charge is 0.256 e. The van der Waals surface area contributed by atoms with E-state index in [1.165, 1.54) is 18.2 Å². The van der Waals surface area contributed by atoms with Crippen LogP contribution in [0.5, 0.6) is 0 Å². The quantitative estimate of drug-likeness (QED) is 0.668. The molecular weight excluding hydrogens is 264 g/mol. The second-order valence-corrected chi connectivity index (χ2v) is 5.22. The van der Waals surface area contributed by atoms with Crippen LogP contribution in [0, 0.1) is 0 Å².